The van der Waals surface area contributed by atoms with Crippen molar-refractivity contribution < 1.29 is 14.6 Å². The number of carbonyl (C=O) groups excluding carboxylic acids is 1. The highest BCUT2D eigenvalue weighted by molar-refractivity contribution is 8.26. The smallest absolute Gasteiger partial charge is 0.267 e. The lowest BCUT2D eigenvalue weighted by Crippen LogP contribution is -2.29. The van der Waals surface area contributed by atoms with Crippen LogP contribution in [0.3, 0.4) is 0 Å². The van der Waals surface area contributed by atoms with Crippen molar-refractivity contribution in [3.05, 3.63) is 44.7 Å². The molecule has 2 aromatic rings. The SMILES string of the molecule is CCCCCCN1C(=O)/C(=C/c2c(NCCOCCO)nc3ccc(C)cn3c2=O)SC1=S. The molecule has 10 heteroatoms. The third kappa shape index (κ3) is 6.41. The Hall–Kier alpha value is -2.27. The number of nitrogens with zero attached hydrogens (tertiary/aromatic N) is 3. The van der Waals surface area contributed by atoms with Crippen LogP contribution < -0.4 is 10.9 Å². The van der Waals surface area contributed by atoms with E-state index in [0.29, 0.717) is 46.0 Å². The second kappa shape index (κ2) is 12.3. The average Bonchev–Trinajstić information content (AvgIpc) is 3.06. The largest absolute Gasteiger partial charge is 0.394 e. The molecule has 2 N–H and O–H groups in total. The summed E-state index contributed by atoms with van der Waals surface area (Å²) in [6, 6.07) is 3.67. The summed E-state index contributed by atoms with van der Waals surface area (Å²) in [6.45, 7) is 5.55. The summed E-state index contributed by atoms with van der Waals surface area (Å²) in [4.78, 5) is 33.0. The van der Waals surface area contributed by atoms with Crippen LogP contribution in [0.2, 0.25) is 0 Å². The van der Waals surface area contributed by atoms with E-state index >= 15 is 0 Å². The van der Waals surface area contributed by atoms with Crippen LogP contribution in [-0.2, 0) is 9.53 Å². The van der Waals surface area contributed by atoms with Gasteiger partial charge in [-0.3, -0.25) is 18.9 Å². The van der Waals surface area contributed by atoms with Crippen LogP contribution in [0.15, 0.2) is 28.0 Å². The van der Waals surface area contributed by atoms with Gasteiger partial charge < -0.3 is 15.2 Å². The molecule has 3 rings (SSSR count). The summed E-state index contributed by atoms with van der Waals surface area (Å²) < 4.78 is 7.29. The minimum Gasteiger partial charge on any atom is -0.394 e. The zero-order valence-corrected chi connectivity index (χ0v) is 20.6. The normalized spacial score (nSPS) is 15.2. The molecule has 1 amide bonds. The minimum absolute atomic E-state index is 0.0551. The second-order valence-corrected chi connectivity index (χ2v) is 9.45. The van der Waals surface area contributed by atoms with Gasteiger partial charge in [0.2, 0.25) is 0 Å². The van der Waals surface area contributed by atoms with Crippen molar-refractivity contribution in [1.29, 1.82) is 0 Å². The Morgan fingerprint density at radius 2 is 2.06 bits per heavy atom. The van der Waals surface area contributed by atoms with Crippen LogP contribution in [0.1, 0.15) is 43.7 Å². The molecule has 33 heavy (non-hydrogen) atoms. The molecule has 0 spiro atoms. The van der Waals surface area contributed by atoms with Gasteiger partial charge in [-0.2, -0.15) is 0 Å². The lowest BCUT2D eigenvalue weighted by molar-refractivity contribution is -0.122. The molecule has 8 nitrogen and oxygen atoms in total. The van der Waals surface area contributed by atoms with Crippen molar-refractivity contribution in [2.45, 2.75) is 39.5 Å². The van der Waals surface area contributed by atoms with Crippen LogP contribution in [-0.4, -0.2) is 62.5 Å². The molecule has 1 fully saturated rings. The summed E-state index contributed by atoms with van der Waals surface area (Å²) in [5.74, 6) is 0.206. The number of nitrogens with one attached hydrogen (secondary N) is 1. The van der Waals surface area contributed by atoms with Crippen molar-refractivity contribution in [1.82, 2.24) is 14.3 Å². The van der Waals surface area contributed by atoms with Gasteiger partial charge in [-0.25, -0.2) is 4.98 Å². The summed E-state index contributed by atoms with van der Waals surface area (Å²) in [5.41, 5.74) is 1.46. The number of rotatable bonds is 12. The maximum Gasteiger partial charge on any atom is 0.267 e. The van der Waals surface area contributed by atoms with E-state index < -0.39 is 0 Å². The number of amides is 1. The number of pyridine rings is 1. The number of aliphatic hydroxyl groups is 1. The highest BCUT2D eigenvalue weighted by atomic mass is 32.2. The van der Waals surface area contributed by atoms with E-state index in [4.69, 9.17) is 22.1 Å². The van der Waals surface area contributed by atoms with Crippen molar-refractivity contribution in [2.24, 2.45) is 0 Å². The number of fused-ring (bicyclic) bond motifs is 1. The summed E-state index contributed by atoms with van der Waals surface area (Å²) in [6.07, 6.45) is 7.52. The Labute approximate surface area is 203 Å². The Bertz CT molecular complexity index is 1100. The molecule has 0 unspecified atom stereocenters. The highest BCUT2D eigenvalue weighted by Gasteiger charge is 2.32. The van der Waals surface area contributed by atoms with Gasteiger partial charge in [-0.05, 0) is 31.1 Å². The molecule has 2 aromatic heterocycles. The molecule has 178 valence electrons. The molecule has 0 aliphatic carbocycles. The quantitative estimate of drug-likeness (QED) is 0.266. The van der Waals surface area contributed by atoms with Crippen LogP contribution in [0.25, 0.3) is 11.7 Å². The topological polar surface area (TPSA) is 96.2 Å². The Balaban J connectivity index is 1.91. The fraction of sp³-hybridized carbons (Fsp3) is 0.478. The number of ether oxygens (including phenoxy) is 1. The molecule has 1 aliphatic rings. The molecule has 1 aliphatic heterocycles. The van der Waals surface area contributed by atoms with Gasteiger partial charge in [0.05, 0.1) is 30.3 Å². The van der Waals surface area contributed by atoms with Crippen molar-refractivity contribution >= 4 is 51.7 Å². The first-order valence-corrected chi connectivity index (χ1v) is 12.4. The van der Waals surface area contributed by atoms with Crippen LogP contribution >= 0.6 is 24.0 Å². The molecular weight excluding hydrogens is 460 g/mol. The van der Waals surface area contributed by atoms with Gasteiger partial charge in [0.15, 0.2) is 0 Å². The zero-order chi connectivity index (χ0) is 23.8. The van der Waals surface area contributed by atoms with Gasteiger partial charge in [0.25, 0.3) is 11.5 Å². The number of thiocarbonyl (C=S) groups is 1. The summed E-state index contributed by atoms with van der Waals surface area (Å²) >= 11 is 6.65. The van der Waals surface area contributed by atoms with Gasteiger partial charge in [0, 0.05) is 19.3 Å². The molecule has 0 bridgehead atoms. The van der Waals surface area contributed by atoms with E-state index in [2.05, 4.69) is 17.2 Å². The third-order valence-electron chi connectivity index (χ3n) is 5.16. The van der Waals surface area contributed by atoms with Gasteiger partial charge in [-0.1, -0.05) is 56.2 Å². The molecule has 0 aromatic carbocycles. The van der Waals surface area contributed by atoms with E-state index in [1.807, 2.05) is 13.0 Å². The third-order valence-corrected chi connectivity index (χ3v) is 6.54. The van der Waals surface area contributed by atoms with Gasteiger partial charge in [0.1, 0.15) is 15.8 Å². The number of carbonyl (C=O) groups is 1. The first-order valence-electron chi connectivity index (χ1n) is 11.2. The Kier molecular flexibility index (Phi) is 9.42. The van der Waals surface area contributed by atoms with Crippen LogP contribution in [0.4, 0.5) is 5.82 Å². The average molecular weight is 491 g/mol. The second-order valence-electron chi connectivity index (χ2n) is 7.77. The number of aryl methyl sites for hydroxylation is 1. The first-order chi connectivity index (χ1) is 16.0. The zero-order valence-electron chi connectivity index (χ0n) is 19.0. The number of aliphatic hydroxyl groups excluding tert-OH is 1. The monoisotopic (exact) mass is 490 g/mol. The number of hydrogen-bond donors (Lipinski definition) is 2. The van der Waals surface area contributed by atoms with Gasteiger partial charge >= 0.3 is 0 Å². The summed E-state index contributed by atoms with van der Waals surface area (Å²) in [5, 5.41) is 12.0. The van der Waals surface area contributed by atoms with E-state index in [9.17, 15) is 9.59 Å². The van der Waals surface area contributed by atoms with E-state index in [1.165, 1.54) is 16.2 Å². The first kappa shape index (κ1) is 25.4. The number of aromatic nitrogens is 2. The predicted molar refractivity (Wildman–Crippen MR) is 137 cm³/mol. The molecular formula is C23H30N4O4S2. The lowest BCUT2D eigenvalue weighted by atomic mass is 10.2. The molecule has 0 radical (unpaired) electrons. The predicted octanol–water partition coefficient (Wildman–Crippen LogP) is 3.21. The maximum atomic E-state index is 13.3. The van der Waals surface area contributed by atoms with Crippen molar-refractivity contribution in [3.63, 3.8) is 0 Å². The minimum atomic E-state index is -0.268. The Morgan fingerprint density at radius 1 is 1.24 bits per heavy atom. The molecule has 1 saturated heterocycles. The standard InChI is InChI=1S/C23H30N4O4S2/c1-3-4-5-6-10-26-22(30)18(33-23(26)32)14-17-20(24-9-12-31-13-11-28)25-19-8-7-16(2)15-27(19)21(17)29/h7-8,14-15,24,28H,3-6,9-13H2,1-2H3/b18-14-. The molecule has 0 saturated carbocycles. The lowest BCUT2D eigenvalue weighted by Gasteiger charge is -2.14. The molecule has 0 atom stereocenters. The number of thioether (sulfide) groups is 1. The fourth-order valence-corrected chi connectivity index (χ4v) is 4.74. The number of anilines is 1. The highest BCUT2D eigenvalue weighted by Crippen LogP contribution is 2.33. The van der Waals surface area contributed by atoms with Crippen molar-refractivity contribution in [3.8, 4) is 0 Å². The maximum absolute atomic E-state index is 13.3. The van der Waals surface area contributed by atoms with Gasteiger partial charge in [-0.15, -0.1) is 0 Å². The number of unbranched alkanes of at least 4 members (excludes halogenated alkanes) is 3. The van der Waals surface area contributed by atoms with Crippen LogP contribution in [0.5, 0.6) is 0 Å². The van der Waals surface area contributed by atoms with E-state index in [-0.39, 0.29) is 24.7 Å². The number of hydrogen-bond acceptors (Lipinski definition) is 8. The van der Waals surface area contributed by atoms with E-state index in [0.717, 1.165) is 31.2 Å². The summed E-state index contributed by atoms with van der Waals surface area (Å²) in [7, 11) is 0. The van der Waals surface area contributed by atoms with E-state index in [1.54, 1.807) is 23.2 Å². The molecule has 3 heterocycles. The van der Waals surface area contributed by atoms with Crippen molar-refractivity contribution in [2.75, 3.05) is 38.2 Å². The fourth-order valence-electron chi connectivity index (χ4n) is 3.45. The van der Waals surface area contributed by atoms with Crippen LogP contribution in [0, 0.1) is 6.92 Å². The Morgan fingerprint density at radius 3 is 2.82 bits per heavy atom.